The van der Waals surface area contributed by atoms with Gasteiger partial charge in [0.1, 0.15) is 18.0 Å². The number of rotatable bonds is 8. The van der Waals surface area contributed by atoms with Crippen LogP contribution in [0.4, 0.5) is 4.39 Å². The van der Waals surface area contributed by atoms with Crippen LogP contribution in [0.2, 0.25) is 0 Å². The Balaban J connectivity index is 1.40. The lowest BCUT2D eigenvalue weighted by Crippen LogP contribution is -2.29. The minimum atomic E-state index is -0.588. The summed E-state index contributed by atoms with van der Waals surface area (Å²) in [6.07, 6.45) is 3.20. The molecule has 0 atom stereocenters. The third-order valence-electron chi connectivity index (χ3n) is 6.68. The summed E-state index contributed by atoms with van der Waals surface area (Å²) in [6.45, 7) is 7.59. The van der Waals surface area contributed by atoms with Crippen molar-refractivity contribution in [1.82, 2.24) is 5.32 Å². The predicted octanol–water partition coefficient (Wildman–Crippen LogP) is 5.34. The van der Waals surface area contributed by atoms with Crippen LogP contribution in [0, 0.1) is 18.2 Å². The molecule has 1 aliphatic carbocycles. The van der Waals surface area contributed by atoms with Gasteiger partial charge in [0.2, 0.25) is 0 Å². The second-order valence-corrected chi connectivity index (χ2v) is 10.7. The Morgan fingerprint density at radius 1 is 1.08 bits per heavy atom. The van der Waals surface area contributed by atoms with Gasteiger partial charge in [-0.3, -0.25) is 4.79 Å². The number of esters is 1. The molecule has 4 rings (SSSR count). The first-order valence-electron chi connectivity index (χ1n) is 12.8. The molecule has 0 fully saturated rings. The van der Waals surface area contributed by atoms with Crippen LogP contribution < -0.4 is 11.1 Å². The predicted molar refractivity (Wildman–Crippen MR) is 151 cm³/mol. The van der Waals surface area contributed by atoms with Crippen LogP contribution in [-0.2, 0) is 28.9 Å². The fraction of sp³-hybridized carbons (Fsp3) is 0.323. The molecule has 3 aromatic carbocycles. The van der Waals surface area contributed by atoms with E-state index in [2.05, 4.69) is 39.6 Å². The van der Waals surface area contributed by atoms with Crippen molar-refractivity contribution in [1.29, 1.82) is 0 Å². The van der Waals surface area contributed by atoms with Crippen LogP contribution in [0.15, 0.2) is 70.6 Å². The maximum Gasteiger partial charge on any atom is 0.313 e. The molecule has 0 saturated carbocycles. The number of nitrogens with two attached hydrogens (primary N) is 1. The lowest BCUT2D eigenvalue weighted by molar-refractivity contribution is -0.152. The normalized spacial score (nSPS) is 14.2. The number of carbonyl (C=O) groups excluding carboxylic acids is 1. The third kappa shape index (κ3) is 6.53. The van der Waals surface area contributed by atoms with Crippen molar-refractivity contribution < 1.29 is 13.9 Å². The van der Waals surface area contributed by atoms with Gasteiger partial charge in [-0.1, -0.05) is 54.6 Å². The number of halogens is 1. The molecule has 38 heavy (non-hydrogen) atoms. The summed E-state index contributed by atoms with van der Waals surface area (Å²) in [5.74, 6) is -0.291. The second kappa shape index (κ2) is 11.7. The fourth-order valence-corrected chi connectivity index (χ4v) is 4.53. The SMILES string of the molecule is Cc1cc(C(N)=N/C=N/COC(=O)C(C)(C)C)ccc1-c1cccc(CNC2Cc3ccccc3C2)c1F. The zero-order chi connectivity index (χ0) is 27.3. The molecular formula is C31H35FN4O2. The van der Waals surface area contributed by atoms with Crippen molar-refractivity contribution in [3.63, 3.8) is 0 Å². The molecule has 0 amide bonds. The van der Waals surface area contributed by atoms with Crippen LogP contribution >= 0.6 is 0 Å². The number of nitrogens with zero attached hydrogens (tertiary/aromatic N) is 2. The van der Waals surface area contributed by atoms with Crippen molar-refractivity contribution in [3.05, 3.63) is 94.3 Å². The van der Waals surface area contributed by atoms with Gasteiger partial charge in [0, 0.05) is 29.3 Å². The monoisotopic (exact) mass is 514 g/mol. The smallest absolute Gasteiger partial charge is 0.313 e. The summed E-state index contributed by atoms with van der Waals surface area (Å²) < 4.78 is 20.6. The number of aliphatic imine (C=N–C) groups is 2. The molecular weight excluding hydrogens is 479 g/mol. The molecule has 7 heteroatoms. The number of nitrogens with one attached hydrogen (secondary N) is 1. The van der Waals surface area contributed by atoms with Gasteiger partial charge in [-0.15, -0.1) is 0 Å². The van der Waals surface area contributed by atoms with Gasteiger partial charge in [0.15, 0.2) is 6.73 Å². The van der Waals surface area contributed by atoms with Crippen LogP contribution in [-0.4, -0.2) is 30.9 Å². The molecule has 198 valence electrons. The molecule has 0 spiro atoms. The second-order valence-electron chi connectivity index (χ2n) is 10.7. The summed E-state index contributed by atoms with van der Waals surface area (Å²) in [4.78, 5) is 19.9. The molecule has 0 aromatic heterocycles. The number of fused-ring (bicyclic) bond motifs is 1. The Morgan fingerprint density at radius 3 is 2.45 bits per heavy atom. The fourth-order valence-electron chi connectivity index (χ4n) is 4.53. The highest BCUT2D eigenvalue weighted by atomic mass is 19.1. The first-order valence-corrected chi connectivity index (χ1v) is 12.8. The van der Waals surface area contributed by atoms with Crippen LogP contribution in [0.1, 0.15) is 48.6 Å². The molecule has 1 aliphatic rings. The number of hydrogen-bond acceptors (Lipinski definition) is 4. The number of ether oxygens (including phenoxy) is 1. The highest BCUT2D eigenvalue weighted by molar-refractivity contribution is 6.01. The highest BCUT2D eigenvalue weighted by Gasteiger charge is 2.23. The van der Waals surface area contributed by atoms with Crippen molar-refractivity contribution in [3.8, 4) is 11.1 Å². The summed E-state index contributed by atoms with van der Waals surface area (Å²) in [7, 11) is 0. The molecule has 0 aliphatic heterocycles. The first kappa shape index (κ1) is 27.2. The lowest BCUT2D eigenvalue weighted by Gasteiger charge is -2.15. The van der Waals surface area contributed by atoms with Crippen molar-refractivity contribution in [2.75, 3.05) is 6.73 Å². The standard InChI is InChI=1S/C31H35FN4O2/c1-20-14-23(29(33)36-18-34-19-38-30(37)31(2,3)4)12-13-26(20)27-11-7-10-24(28(27)32)17-35-25-15-21-8-5-6-9-22(21)16-25/h5-14,18,25,35H,15-17,19H2,1-4H3,(H2,33,34,36). The van der Waals surface area contributed by atoms with E-state index in [1.54, 1.807) is 26.8 Å². The summed E-state index contributed by atoms with van der Waals surface area (Å²) in [6, 6.07) is 19.9. The number of hydrogen-bond donors (Lipinski definition) is 2. The van der Waals surface area contributed by atoms with Crippen LogP contribution in [0.3, 0.4) is 0 Å². The highest BCUT2D eigenvalue weighted by Crippen LogP contribution is 2.29. The lowest BCUT2D eigenvalue weighted by atomic mass is 9.96. The Bertz CT molecular complexity index is 1350. The zero-order valence-corrected chi connectivity index (χ0v) is 22.4. The third-order valence-corrected chi connectivity index (χ3v) is 6.68. The Labute approximate surface area is 223 Å². The van der Waals surface area contributed by atoms with Gasteiger partial charge in [0.05, 0.1) is 5.41 Å². The van der Waals surface area contributed by atoms with Crippen LogP contribution in [0.25, 0.3) is 11.1 Å². The van der Waals surface area contributed by atoms with Gasteiger partial charge in [0.25, 0.3) is 0 Å². The van der Waals surface area contributed by atoms with E-state index in [0.29, 0.717) is 29.3 Å². The van der Waals surface area contributed by atoms with Crippen molar-refractivity contribution in [2.24, 2.45) is 21.1 Å². The van der Waals surface area contributed by atoms with E-state index in [9.17, 15) is 4.79 Å². The molecule has 3 N–H and O–H groups in total. The number of benzene rings is 3. The van der Waals surface area contributed by atoms with E-state index < -0.39 is 5.41 Å². The van der Waals surface area contributed by atoms with Crippen LogP contribution in [0.5, 0.6) is 0 Å². The van der Waals surface area contributed by atoms with E-state index >= 15 is 4.39 Å². The molecule has 0 unspecified atom stereocenters. The Morgan fingerprint density at radius 2 is 1.79 bits per heavy atom. The first-order chi connectivity index (χ1) is 18.1. The largest absolute Gasteiger partial charge is 0.442 e. The van der Waals surface area contributed by atoms with Gasteiger partial charge < -0.3 is 15.8 Å². The quantitative estimate of drug-likeness (QED) is 0.241. The molecule has 6 nitrogen and oxygen atoms in total. The van der Waals surface area contributed by atoms with Gasteiger partial charge >= 0.3 is 5.97 Å². The summed E-state index contributed by atoms with van der Waals surface area (Å²) in [5.41, 5.74) is 11.8. The minimum Gasteiger partial charge on any atom is -0.442 e. The average Bonchev–Trinajstić information content (AvgIpc) is 3.30. The summed E-state index contributed by atoms with van der Waals surface area (Å²) >= 11 is 0. The molecule has 3 aromatic rings. The van der Waals surface area contributed by atoms with Crippen molar-refractivity contribution >= 4 is 18.1 Å². The number of amidine groups is 1. The van der Waals surface area contributed by atoms with E-state index in [-0.39, 0.29) is 24.4 Å². The maximum atomic E-state index is 15.6. The van der Waals surface area contributed by atoms with Crippen molar-refractivity contribution in [2.45, 2.75) is 53.1 Å². The van der Waals surface area contributed by atoms with E-state index in [1.807, 2.05) is 37.3 Å². The topological polar surface area (TPSA) is 89.1 Å². The Hall–Kier alpha value is -3.84. The van der Waals surface area contributed by atoms with E-state index in [0.717, 1.165) is 24.0 Å². The summed E-state index contributed by atoms with van der Waals surface area (Å²) in [5, 5.41) is 3.53. The maximum absolute atomic E-state index is 15.6. The molecule has 0 saturated heterocycles. The molecule has 0 bridgehead atoms. The van der Waals surface area contributed by atoms with E-state index in [1.165, 1.54) is 17.5 Å². The Kier molecular flexibility index (Phi) is 8.37. The molecule has 0 heterocycles. The van der Waals surface area contributed by atoms with Gasteiger partial charge in [-0.25, -0.2) is 14.4 Å². The average molecular weight is 515 g/mol. The van der Waals surface area contributed by atoms with Gasteiger partial charge in [-0.2, -0.15) is 0 Å². The number of carbonyl (C=O) groups is 1. The van der Waals surface area contributed by atoms with E-state index in [4.69, 9.17) is 10.5 Å². The molecule has 0 radical (unpaired) electrons. The minimum absolute atomic E-state index is 0.122. The zero-order valence-electron chi connectivity index (χ0n) is 22.4. The van der Waals surface area contributed by atoms with Gasteiger partial charge in [-0.05, 0) is 68.9 Å². The number of aryl methyl sites for hydroxylation is 1.